The monoisotopic (exact) mass is 259 g/mol. The molecule has 1 atom stereocenters. The second-order valence-electron chi connectivity index (χ2n) is 4.58. The SMILES string of the molecule is CCNCCC(O)COc1cccc2ccccc12. The molecule has 2 aromatic rings. The smallest absolute Gasteiger partial charge is 0.127 e. The summed E-state index contributed by atoms with van der Waals surface area (Å²) in [4.78, 5) is 0. The Kier molecular flexibility index (Phi) is 5.19. The molecule has 0 amide bonds. The van der Waals surface area contributed by atoms with Crippen LogP contribution in [0.25, 0.3) is 10.8 Å². The minimum absolute atomic E-state index is 0.333. The number of hydrogen-bond donors (Lipinski definition) is 2. The lowest BCUT2D eigenvalue weighted by atomic mass is 10.1. The summed E-state index contributed by atoms with van der Waals surface area (Å²) in [6.45, 7) is 4.13. The van der Waals surface area contributed by atoms with E-state index in [0.29, 0.717) is 13.0 Å². The summed E-state index contributed by atoms with van der Waals surface area (Å²) in [7, 11) is 0. The van der Waals surface area contributed by atoms with E-state index >= 15 is 0 Å². The highest BCUT2D eigenvalue weighted by atomic mass is 16.5. The van der Waals surface area contributed by atoms with E-state index in [1.54, 1.807) is 0 Å². The van der Waals surface area contributed by atoms with Crippen molar-refractivity contribution in [2.45, 2.75) is 19.4 Å². The van der Waals surface area contributed by atoms with Gasteiger partial charge in [-0.25, -0.2) is 0 Å². The maximum Gasteiger partial charge on any atom is 0.127 e. The number of aliphatic hydroxyl groups is 1. The minimum Gasteiger partial charge on any atom is -0.490 e. The van der Waals surface area contributed by atoms with E-state index in [9.17, 15) is 5.11 Å². The topological polar surface area (TPSA) is 41.5 Å². The summed E-state index contributed by atoms with van der Waals surface area (Å²) in [6.07, 6.45) is 0.275. The first-order chi connectivity index (χ1) is 9.31. The van der Waals surface area contributed by atoms with Gasteiger partial charge in [-0.3, -0.25) is 0 Å². The molecule has 1 unspecified atom stereocenters. The molecule has 0 saturated carbocycles. The molecule has 0 saturated heterocycles. The number of aliphatic hydroxyl groups excluding tert-OH is 1. The highest BCUT2D eigenvalue weighted by Crippen LogP contribution is 2.25. The number of fused-ring (bicyclic) bond motifs is 1. The summed E-state index contributed by atoms with van der Waals surface area (Å²) in [5, 5.41) is 15.3. The fraction of sp³-hybridized carbons (Fsp3) is 0.375. The Labute approximate surface area is 114 Å². The van der Waals surface area contributed by atoms with Crippen LogP contribution in [0.1, 0.15) is 13.3 Å². The van der Waals surface area contributed by atoms with Gasteiger partial charge in [0.15, 0.2) is 0 Å². The van der Waals surface area contributed by atoms with Crippen LogP contribution in [0.2, 0.25) is 0 Å². The summed E-state index contributed by atoms with van der Waals surface area (Å²) in [5.41, 5.74) is 0. The summed E-state index contributed by atoms with van der Waals surface area (Å²) >= 11 is 0. The Balaban J connectivity index is 1.94. The normalized spacial score (nSPS) is 12.5. The van der Waals surface area contributed by atoms with Gasteiger partial charge in [-0.2, -0.15) is 0 Å². The van der Waals surface area contributed by atoms with Crippen LogP contribution in [0.15, 0.2) is 42.5 Å². The standard InChI is InChI=1S/C16H21NO2/c1-2-17-11-10-14(18)12-19-16-9-5-7-13-6-3-4-8-15(13)16/h3-9,14,17-18H,2,10-12H2,1H3. The second-order valence-corrected chi connectivity index (χ2v) is 4.58. The third kappa shape index (κ3) is 3.94. The molecule has 0 fully saturated rings. The second kappa shape index (κ2) is 7.12. The molecule has 0 aliphatic heterocycles. The van der Waals surface area contributed by atoms with E-state index in [2.05, 4.69) is 24.4 Å². The molecular formula is C16H21NO2. The van der Waals surface area contributed by atoms with E-state index in [-0.39, 0.29) is 0 Å². The number of hydrogen-bond acceptors (Lipinski definition) is 3. The van der Waals surface area contributed by atoms with Crippen molar-refractivity contribution in [2.75, 3.05) is 19.7 Å². The average molecular weight is 259 g/mol. The largest absolute Gasteiger partial charge is 0.490 e. The Bertz CT molecular complexity index is 508. The lowest BCUT2D eigenvalue weighted by Gasteiger charge is -2.14. The highest BCUT2D eigenvalue weighted by molar-refractivity contribution is 5.88. The van der Waals surface area contributed by atoms with Gasteiger partial charge in [-0.15, -0.1) is 0 Å². The molecule has 0 aromatic heterocycles. The summed E-state index contributed by atoms with van der Waals surface area (Å²) in [6, 6.07) is 14.1. The Morgan fingerprint density at radius 2 is 1.95 bits per heavy atom. The van der Waals surface area contributed by atoms with Crippen LogP contribution >= 0.6 is 0 Å². The predicted octanol–water partition coefficient (Wildman–Crippen LogP) is 2.58. The number of rotatable bonds is 7. The third-order valence-corrected chi connectivity index (χ3v) is 3.09. The highest BCUT2D eigenvalue weighted by Gasteiger charge is 2.06. The lowest BCUT2D eigenvalue weighted by molar-refractivity contribution is 0.101. The van der Waals surface area contributed by atoms with Crippen LogP contribution in [0.3, 0.4) is 0 Å². The predicted molar refractivity (Wildman–Crippen MR) is 78.6 cm³/mol. The van der Waals surface area contributed by atoms with Gasteiger partial charge in [-0.1, -0.05) is 43.3 Å². The molecule has 0 radical (unpaired) electrons. The van der Waals surface area contributed by atoms with Gasteiger partial charge in [-0.05, 0) is 31.0 Å². The summed E-state index contributed by atoms with van der Waals surface area (Å²) in [5.74, 6) is 0.834. The van der Waals surface area contributed by atoms with E-state index in [0.717, 1.165) is 29.6 Å². The van der Waals surface area contributed by atoms with Gasteiger partial charge >= 0.3 is 0 Å². The molecule has 2 aromatic carbocycles. The van der Waals surface area contributed by atoms with Gasteiger partial charge in [0.25, 0.3) is 0 Å². The Hall–Kier alpha value is -1.58. The van der Waals surface area contributed by atoms with Crippen molar-refractivity contribution in [2.24, 2.45) is 0 Å². The summed E-state index contributed by atoms with van der Waals surface area (Å²) < 4.78 is 5.73. The first-order valence-electron chi connectivity index (χ1n) is 6.80. The van der Waals surface area contributed by atoms with Crippen molar-refractivity contribution < 1.29 is 9.84 Å². The molecule has 19 heavy (non-hydrogen) atoms. The zero-order chi connectivity index (χ0) is 13.5. The molecule has 102 valence electrons. The molecule has 0 aliphatic rings. The zero-order valence-electron chi connectivity index (χ0n) is 11.3. The molecule has 0 bridgehead atoms. The third-order valence-electron chi connectivity index (χ3n) is 3.09. The Morgan fingerprint density at radius 3 is 2.79 bits per heavy atom. The minimum atomic E-state index is -0.432. The molecule has 2 rings (SSSR count). The molecule has 3 heteroatoms. The molecule has 0 heterocycles. The molecule has 0 spiro atoms. The van der Waals surface area contributed by atoms with Gasteiger partial charge in [0.2, 0.25) is 0 Å². The van der Waals surface area contributed by atoms with E-state index in [1.165, 1.54) is 0 Å². The van der Waals surface area contributed by atoms with E-state index in [4.69, 9.17) is 4.74 Å². The van der Waals surface area contributed by atoms with Crippen LogP contribution in [0, 0.1) is 0 Å². The number of benzene rings is 2. The van der Waals surface area contributed by atoms with Crippen LogP contribution < -0.4 is 10.1 Å². The quantitative estimate of drug-likeness (QED) is 0.751. The number of nitrogens with one attached hydrogen (secondary N) is 1. The molecule has 3 nitrogen and oxygen atoms in total. The van der Waals surface area contributed by atoms with Crippen molar-refractivity contribution >= 4 is 10.8 Å². The maximum absolute atomic E-state index is 9.84. The van der Waals surface area contributed by atoms with Crippen LogP contribution in [0.4, 0.5) is 0 Å². The van der Waals surface area contributed by atoms with Crippen molar-refractivity contribution in [3.05, 3.63) is 42.5 Å². The van der Waals surface area contributed by atoms with E-state index in [1.807, 2.05) is 30.3 Å². The van der Waals surface area contributed by atoms with Gasteiger partial charge in [0.1, 0.15) is 12.4 Å². The lowest BCUT2D eigenvalue weighted by Crippen LogP contribution is -2.24. The molecular weight excluding hydrogens is 238 g/mol. The van der Waals surface area contributed by atoms with Crippen molar-refractivity contribution in [3.63, 3.8) is 0 Å². The van der Waals surface area contributed by atoms with Gasteiger partial charge < -0.3 is 15.2 Å². The van der Waals surface area contributed by atoms with Crippen LogP contribution in [-0.2, 0) is 0 Å². The molecule has 2 N–H and O–H groups in total. The fourth-order valence-electron chi connectivity index (χ4n) is 2.04. The van der Waals surface area contributed by atoms with Crippen LogP contribution in [-0.4, -0.2) is 30.9 Å². The van der Waals surface area contributed by atoms with Gasteiger partial charge in [0.05, 0.1) is 6.10 Å². The van der Waals surface area contributed by atoms with Gasteiger partial charge in [0, 0.05) is 5.39 Å². The first kappa shape index (κ1) is 13.8. The average Bonchev–Trinajstić information content (AvgIpc) is 2.45. The van der Waals surface area contributed by atoms with Crippen molar-refractivity contribution in [3.8, 4) is 5.75 Å². The Morgan fingerprint density at radius 1 is 1.16 bits per heavy atom. The van der Waals surface area contributed by atoms with Crippen molar-refractivity contribution in [1.82, 2.24) is 5.32 Å². The van der Waals surface area contributed by atoms with E-state index < -0.39 is 6.10 Å². The van der Waals surface area contributed by atoms with Crippen molar-refractivity contribution in [1.29, 1.82) is 0 Å². The molecule has 0 aliphatic carbocycles. The first-order valence-corrected chi connectivity index (χ1v) is 6.80. The zero-order valence-corrected chi connectivity index (χ0v) is 11.3. The maximum atomic E-state index is 9.84. The van der Waals surface area contributed by atoms with Crippen LogP contribution in [0.5, 0.6) is 5.75 Å². The number of ether oxygens (including phenoxy) is 1. The fourth-order valence-corrected chi connectivity index (χ4v) is 2.04.